The molecule has 3 rings (SSSR count). The van der Waals surface area contributed by atoms with Gasteiger partial charge in [-0.1, -0.05) is 0 Å². The van der Waals surface area contributed by atoms with Gasteiger partial charge in [-0.2, -0.15) is 9.36 Å². The minimum Gasteiger partial charge on any atom is -0.497 e. The Bertz CT molecular complexity index is 803. The van der Waals surface area contributed by atoms with Crippen molar-refractivity contribution >= 4 is 18.2 Å². The van der Waals surface area contributed by atoms with Gasteiger partial charge in [-0.15, -0.1) is 0 Å². The molecular weight excluding hydrogens is 346 g/mol. The number of carbonyl (C=O) groups is 1. The molecule has 2 aromatic rings. The van der Waals surface area contributed by atoms with Gasteiger partial charge in [0.05, 0.1) is 19.9 Å². The molecule has 9 nitrogen and oxygen atoms in total. The highest BCUT2D eigenvalue weighted by atomic mass is 32.1. The average molecular weight is 366 g/mol. The van der Waals surface area contributed by atoms with Crippen LogP contribution in [-0.4, -0.2) is 63.8 Å². The van der Waals surface area contributed by atoms with E-state index in [1.54, 1.807) is 11.8 Å². The second-order valence-corrected chi connectivity index (χ2v) is 6.22. The van der Waals surface area contributed by atoms with E-state index in [9.17, 15) is 9.90 Å². The summed E-state index contributed by atoms with van der Waals surface area (Å²) in [5.74, 6) is 0.389. The molecule has 2 heterocycles. The Morgan fingerprint density at radius 3 is 2.72 bits per heavy atom. The lowest BCUT2D eigenvalue weighted by Gasteiger charge is -2.18. The van der Waals surface area contributed by atoms with Crippen LogP contribution in [-0.2, 0) is 16.2 Å². The molecule has 10 heteroatoms. The fraction of sp³-hybridized carbons (Fsp3) is 0.467. The molecule has 134 valence electrons. The first kappa shape index (κ1) is 17.5. The van der Waals surface area contributed by atoms with Crippen molar-refractivity contribution in [2.24, 2.45) is 0 Å². The maximum atomic E-state index is 11.9. The van der Waals surface area contributed by atoms with Gasteiger partial charge < -0.3 is 19.5 Å². The molecule has 0 saturated carbocycles. The van der Waals surface area contributed by atoms with Crippen LogP contribution in [0, 0.1) is 4.77 Å². The van der Waals surface area contributed by atoms with Gasteiger partial charge >= 0.3 is 5.97 Å². The Morgan fingerprint density at radius 1 is 1.36 bits per heavy atom. The summed E-state index contributed by atoms with van der Waals surface area (Å²) in [4.78, 5) is 12.7. The molecule has 0 aliphatic carbocycles. The number of nitrogens with zero attached hydrogens (tertiary/aromatic N) is 4. The standard InChI is InChI=1S/C15H19N5O4S/c1-23-12-5-3-10(4-6-12)20-15(25)19(16-17-20)9-18-8-11(21)7-13(18)14(22)24-2/h3-6,11,13,21H,7-9H2,1-2H3/p+1/t11-,13+/m1/s1. The van der Waals surface area contributed by atoms with Crippen LogP contribution in [0.25, 0.3) is 5.69 Å². The first-order valence-electron chi connectivity index (χ1n) is 7.81. The van der Waals surface area contributed by atoms with Gasteiger partial charge in [-0.25, -0.2) is 4.79 Å². The van der Waals surface area contributed by atoms with Crippen molar-refractivity contribution < 1.29 is 24.3 Å². The first-order valence-corrected chi connectivity index (χ1v) is 8.22. The van der Waals surface area contributed by atoms with Gasteiger partial charge in [-0.05, 0) is 46.9 Å². The van der Waals surface area contributed by atoms with Crippen LogP contribution >= 0.6 is 12.2 Å². The summed E-state index contributed by atoms with van der Waals surface area (Å²) in [5, 5.41) is 18.0. The number of methoxy groups -OCH3 is 2. The minimum atomic E-state index is -0.551. The largest absolute Gasteiger partial charge is 0.497 e. The number of ether oxygens (including phenoxy) is 2. The Kier molecular flexibility index (Phi) is 5.11. The zero-order valence-electron chi connectivity index (χ0n) is 14.0. The van der Waals surface area contributed by atoms with Crippen molar-refractivity contribution in [2.75, 3.05) is 20.8 Å². The van der Waals surface area contributed by atoms with Gasteiger partial charge in [0.15, 0.2) is 12.7 Å². The molecule has 25 heavy (non-hydrogen) atoms. The predicted molar refractivity (Wildman–Crippen MR) is 89.0 cm³/mol. The third-order valence-corrected chi connectivity index (χ3v) is 4.68. The predicted octanol–water partition coefficient (Wildman–Crippen LogP) is -1.04. The monoisotopic (exact) mass is 366 g/mol. The number of hydrogen-bond donors (Lipinski definition) is 2. The van der Waals surface area contributed by atoms with Crippen LogP contribution < -0.4 is 9.64 Å². The fourth-order valence-corrected chi connectivity index (χ4v) is 3.24. The number of rotatable bonds is 5. The molecule has 1 aliphatic heterocycles. The second-order valence-electron chi connectivity index (χ2n) is 5.86. The van der Waals surface area contributed by atoms with E-state index in [0.717, 1.165) is 16.3 Å². The topological polar surface area (TPSA) is 95.8 Å². The summed E-state index contributed by atoms with van der Waals surface area (Å²) in [6, 6.07) is 6.85. The van der Waals surface area contributed by atoms with Gasteiger partial charge in [0.25, 0.3) is 0 Å². The number of esters is 1. The number of hydrogen-bond acceptors (Lipinski definition) is 7. The molecule has 3 atom stereocenters. The zero-order chi connectivity index (χ0) is 18.0. The average Bonchev–Trinajstić information content (AvgIpc) is 3.17. The number of aliphatic hydroxyl groups excluding tert-OH is 1. The third-order valence-electron chi connectivity index (χ3n) is 4.29. The quantitative estimate of drug-likeness (QED) is 0.515. The van der Waals surface area contributed by atoms with Crippen molar-refractivity contribution in [1.82, 2.24) is 19.8 Å². The summed E-state index contributed by atoms with van der Waals surface area (Å²) in [6.07, 6.45) is -0.188. The van der Waals surface area contributed by atoms with E-state index in [-0.39, 0.29) is 5.97 Å². The highest BCUT2D eigenvalue weighted by molar-refractivity contribution is 7.71. The number of benzene rings is 1. The zero-order valence-corrected chi connectivity index (χ0v) is 14.8. The van der Waals surface area contributed by atoms with E-state index in [4.69, 9.17) is 21.7 Å². The van der Waals surface area contributed by atoms with Crippen molar-refractivity contribution in [1.29, 1.82) is 0 Å². The molecule has 0 spiro atoms. The fourth-order valence-electron chi connectivity index (χ4n) is 3.00. The maximum absolute atomic E-state index is 11.9. The SMILES string of the molecule is COC(=O)[C@@H]1C[C@@H](O)C[NH+]1Cn1nnn(-c2ccc(OC)cc2)c1=S. The van der Waals surface area contributed by atoms with E-state index < -0.39 is 12.1 Å². The number of likely N-dealkylation sites (tertiary alicyclic amines) is 1. The van der Waals surface area contributed by atoms with Crippen molar-refractivity contribution in [2.45, 2.75) is 25.2 Å². The minimum absolute atomic E-state index is 0.325. The number of aliphatic hydroxyl groups is 1. The van der Waals surface area contributed by atoms with Crippen LogP contribution in [0.3, 0.4) is 0 Å². The molecular formula is C15H20N5O4S+. The number of aromatic nitrogens is 4. The summed E-state index contributed by atoms with van der Waals surface area (Å²) in [7, 11) is 2.94. The first-order chi connectivity index (χ1) is 12.0. The molecule has 2 N–H and O–H groups in total. The highest BCUT2D eigenvalue weighted by Crippen LogP contribution is 2.14. The van der Waals surface area contributed by atoms with E-state index in [0.29, 0.717) is 24.4 Å². The number of carbonyl (C=O) groups excluding carboxylic acids is 1. The van der Waals surface area contributed by atoms with Gasteiger partial charge in [-0.3, -0.25) is 0 Å². The van der Waals surface area contributed by atoms with Crippen LogP contribution in [0.4, 0.5) is 0 Å². The summed E-state index contributed by atoms with van der Waals surface area (Å²) in [6.45, 7) is 0.753. The van der Waals surface area contributed by atoms with Gasteiger partial charge in [0.2, 0.25) is 4.77 Å². The van der Waals surface area contributed by atoms with E-state index >= 15 is 0 Å². The summed E-state index contributed by atoms with van der Waals surface area (Å²) < 4.78 is 13.4. The van der Waals surface area contributed by atoms with Crippen LogP contribution in [0.15, 0.2) is 24.3 Å². The smallest absolute Gasteiger partial charge is 0.364 e. The molecule has 1 aromatic carbocycles. The van der Waals surface area contributed by atoms with Crippen molar-refractivity contribution in [3.8, 4) is 11.4 Å². The van der Waals surface area contributed by atoms with Crippen LogP contribution in [0.2, 0.25) is 0 Å². The second kappa shape index (κ2) is 7.30. The van der Waals surface area contributed by atoms with Gasteiger partial charge in [0, 0.05) is 6.42 Å². The Hall–Kier alpha value is -2.30. The van der Waals surface area contributed by atoms with E-state index in [2.05, 4.69) is 10.4 Å². The Labute approximate surface area is 149 Å². The number of nitrogens with one attached hydrogen (secondary N) is 1. The molecule has 1 saturated heterocycles. The van der Waals surface area contributed by atoms with Gasteiger partial charge in [0.1, 0.15) is 18.4 Å². The van der Waals surface area contributed by atoms with E-state index in [1.807, 2.05) is 24.3 Å². The Morgan fingerprint density at radius 2 is 2.08 bits per heavy atom. The maximum Gasteiger partial charge on any atom is 0.364 e. The summed E-state index contributed by atoms with van der Waals surface area (Å²) >= 11 is 5.44. The van der Waals surface area contributed by atoms with E-state index in [1.165, 1.54) is 11.8 Å². The lowest BCUT2D eigenvalue weighted by molar-refractivity contribution is -0.928. The number of quaternary nitrogens is 1. The molecule has 1 fully saturated rings. The lowest BCUT2D eigenvalue weighted by atomic mass is 10.2. The highest BCUT2D eigenvalue weighted by Gasteiger charge is 2.41. The Balaban J connectivity index is 1.81. The molecule has 1 aromatic heterocycles. The molecule has 1 aliphatic rings. The lowest BCUT2D eigenvalue weighted by Crippen LogP contribution is -3.14. The summed E-state index contributed by atoms with van der Waals surface area (Å²) in [5.41, 5.74) is 0.762. The molecule has 1 unspecified atom stereocenters. The van der Waals surface area contributed by atoms with Crippen LogP contribution in [0.5, 0.6) is 5.75 Å². The third kappa shape index (κ3) is 3.55. The molecule has 0 radical (unpaired) electrons. The van der Waals surface area contributed by atoms with Crippen molar-refractivity contribution in [3.63, 3.8) is 0 Å². The molecule has 0 bridgehead atoms. The number of tetrazole rings is 1. The molecule has 0 amide bonds. The van der Waals surface area contributed by atoms with Crippen molar-refractivity contribution in [3.05, 3.63) is 29.0 Å². The van der Waals surface area contributed by atoms with Crippen LogP contribution in [0.1, 0.15) is 6.42 Å². The normalized spacial score (nSPS) is 22.8.